The first-order chi connectivity index (χ1) is 15.1. The van der Waals surface area contributed by atoms with E-state index < -0.39 is 41.9 Å². The van der Waals surface area contributed by atoms with Crippen molar-refractivity contribution in [1.82, 2.24) is 20.9 Å². The largest absolute Gasteiger partial charge is 0.388 e. The van der Waals surface area contributed by atoms with Gasteiger partial charge in [0.1, 0.15) is 29.9 Å². The van der Waals surface area contributed by atoms with Gasteiger partial charge in [0.2, 0.25) is 11.8 Å². The van der Waals surface area contributed by atoms with E-state index in [1.807, 2.05) is 11.9 Å². The molecule has 0 aromatic rings. The Kier molecular flexibility index (Phi) is 10.7. The molecule has 2 amide bonds. The summed E-state index contributed by atoms with van der Waals surface area (Å²) < 4.78 is 5.91. The number of carbonyl (C=O) groups excluding carboxylic acids is 2. The van der Waals surface area contributed by atoms with Crippen LogP contribution in [0.3, 0.4) is 0 Å². The number of nitrogens with one attached hydrogen (secondary N) is 3. The van der Waals surface area contributed by atoms with Crippen LogP contribution in [0.4, 0.5) is 0 Å². The molecule has 11 heteroatoms. The number of likely N-dealkylation sites (tertiary alicyclic amines) is 1. The third-order valence-corrected chi connectivity index (χ3v) is 7.26. The van der Waals surface area contributed by atoms with Crippen LogP contribution in [-0.4, -0.2) is 113 Å². The van der Waals surface area contributed by atoms with Gasteiger partial charge >= 0.3 is 0 Å². The molecule has 10 nitrogen and oxygen atoms in total. The van der Waals surface area contributed by atoms with E-state index in [0.717, 1.165) is 25.8 Å². The van der Waals surface area contributed by atoms with Gasteiger partial charge in [0.25, 0.3) is 0 Å². The SMILES string of the molecule is CCC[C@@H]1C[C@@H](C(=O)N[C@H]([C@H](C)NC(=O)CNC)[C@H]2OC(SC)[C@H](O)C(O)C2O)N(C)C1. The van der Waals surface area contributed by atoms with Crippen LogP contribution < -0.4 is 16.0 Å². The van der Waals surface area contributed by atoms with Crippen LogP contribution in [0.5, 0.6) is 0 Å². The molecule has 2 aliphatic heterocycles. The fourth-order valence-corrected chi connectivity index (χ4v) is 5.38. The first-order valence-electron chi connectivity index (χ1n) is 11.3. The van der Waals surface area contributed by atoms with Crippen LogP contribution in [-0.2, 0) is 14.3 Å². The number of likely N-dealkylation sites (N-methyl/N-ethyl adjacent to an activating group) is 2. The highest BCUT2D eigenvalue weighted by molar-refractivity contribution is 7.99. The number of nitrogens with zero attached hydrogens (tertiary/aromatic N) is 1. The van der Waals surface area contributed by atoms with Gasteiger partial charge < -0.3 is 36.0 Å². The average molecular weight is 477 g/mol. The standard InChI is InChI=1S/C21H40N4O6S/c1-6-7-12-8-13(25(4)10-12)20(30)24-15(11(2)23-14(26)9-22-3)19-17(28)16(27)18(29)21(31-19)32-5/h11-13,15-19,21-22,27-29H,6-10H2,1-5H3,(H,23,26)(H,24,30)/t11-,12+,13-,15+,16?,17?,18+,19+,21?/m0/s1. The molecule has 32 heavy (non-hydrogen) atoms. The number of aliphatic hydroxyl groups excluding tert-OH is 3. The van der Waals surface area contributed by atoms with Crippen molar-refractivity contribution in [2.45, 2.75) is 81.1 Å². The number of carbonyl (C=O) groups is 2. The number of ether oxygens (including phenoxy) is 1. The Bertz CT molecular complexity index is 627. The molecular formula is C21H40N4O6S. The fourth-order valence-electron chi connectivity index (χ4n) is 4.70. The maximum absolute atomic E-state index is 13.2. The molecule has 2 aliphatic rings. The molecule has 0 bridgehead atoms. The maximum atomic E-state index is 13.2. The lowest BCUT2D eigenvalue weighted by atomic mass is 9.90. The molecule has 2 heterocycles. The van der Waals surface area contributed by atoms with Crippen molar-refractivity contribution >= 4 is 23.6 Å². The van der Waals surface area contributed by atoms with Gasteiger partial charge in [0.05, 0.1) is 18.6 Å². The third kappa shape index (κ3) is 6.55. The molecule has 0 aromatic heterocycles. The molecule has 2 rings (SSSR count). The van der Waals surface area contributed by atoms with Gasteiger partial charge in [-0.15, -0.1) is 11.8 Å². The van der Waals surface area contributed by atoms with Crippen LogP contribution in [0.2, 0.25) is 0 Å². The number of aliphatic hydroxyl groups is 3. The van der Waals surface area contributed by atoms with Crippen molar-refractivity contribution in [1.29, 1.82) is 0 Å². The lowest BCUT2D eigenvalue weighted by Gasteiger charge is -2.45. The second-order valence-corrected chi connectivity index (χ2v) is 9.88. The minimum atomic E-state index is -1.44. The monoisotopic (exact) mass is 476 g/mol. The van der Waals surface area contributed by atoms with Gasteiger partial charge in [-0.1, -0.05) is 13.3 Å². The lowest BCUT2D eigenvalue weighted by molar-refractivity contribution is -0.207. The molecule has 0 saturated carbocycles. The molecule has 3 unspecified atom stereocenters. The van der Waals surface area contributed by atoms with E-state index in [2.05, 4.69) is 22.9 Å². The van der Waals surface area contributed by atoms with Crippen molar-refractivity contribution in [3.63, 3.8) is 0 Å². The Morgan fingerprint density at radius 1 is 1.19 bits per heavy atom. The minimum Gasteiger partial charge on any atom is -0.388 e. The summed E-state index contributed by atoms with van der Waals surface area (Å²) in [6.45, 7) is 4.78. The average Bonchev–Trinajstić information content (AvgIpc) is 3.11. The van der Waals surface area contributed by atoms with Crippen molar-refractivity contribution in [3.8, 4) is 0 Å². The Morgan fingerprint density at radius 2 is 1.88 bits per heavy atom. The van der Waals surface area contributed by atoms with Gasteiger partial charge in [0, 0.05) is 12.6 Å². The van der Waals surface area contributed by atoms with Crippen molar-refractivity contribution in [2.75, 3.05) is 33.4 Å². The van der Waals surface area contributed by atoms with Crippen LogP contribution in [0.1, 0.15) is 33.1 Å². The van der Waals surface area contributed by atoms with Crippen LogP contribution in [0.15, 0.2) is 0 Å². The van der Waals surface area contributed by atoms with Crippen LogP contribution in [0.25, 0.3) is 0 Å². The smallest absolute Gasteiger partial charge is 0.237 e. The summed E-state index contributed by atoms with van der Waals surface area (Å²) in [5.74, 6) is -0.0307. The first kappa shape index (κ1) is 27.3. The summed E-state index contributed by atoms with van der Waals surface area (Å²) in [4.78, 5) is 27.4. The van der Waals surface area contributed by atoms with E-state index in [-0.39, 0.29) is 24.4 Å². The highest BCUT2D eigenvalue weighted by Gasteiger charge is 2.48. The highest BCUT2D eigenvalue weighted by Crippen LogP contribution is 2.30. The Balaban J connectivity index is 2.22. The summed E-state index contributed by atoms with van der Waals surface area (Å²) in [5, 5.41) is 39.8. The third-order valence-electron chi connectivity index (χ3n) is 6.40. The molecule has 0 aromatic carbocycles. The Hall–Kier alpha value is -0.950. The Morgan fingerprint density at radius 3 is 2.47 bits per heavy atom. The van der Waals surface area contributed by atoms with Gasteiger partial charge in [-0.25, -0.2) is 0 Å². The summed E-state index contributed by atoms with van der Waals surface area (Å²) in [6.07, 6.45) is -0.574. The maximum Gasteiger partial charge on any atom is 0.237 e. The summed E-state index contributed by atoms with van der Waals surface area (Å²) in [6, 6.07) is -1.72. The molecule has 0 aliphatic carbocycles. The molecular weight excluding hydrogens is 436 g/mol. The van der Waals surface area contributed by atoms with Gasteiger partial charge in [-0.3, -0.25) is 14.5 Å². The van der Waals surface area contributed by atoms with Crippen molar-refractivity contribution in [3.05, 3.63) is 0 Å². The first-order valence-corrected chi connectivity index (χ1v) is 12.6. The number of hydrogen-bond acceptors (Lipinski definition) is 9. The van der Waals surface area contributed by atoms with Crippen molar-refractivity contribution < 1.29 is 29.6 Å². The van der Waals surface area contributed by atoms with E-state index in [1.54, 1.807) is 20.2 Å². The number of amides is 2. The van der Waals surface area contributed by atoms with Crippen LogP contribution >= 0.6 is 11.8 Å². The molecule has 9 atom stereocenters. The molecule has 6 N–H and O–H groups in total. The fraction of sp³-hybridized carbons (Fsp3) is 0.905. The summed E-state index contributed by atoms with van der Waals surface area (Å²) in [7, 11) is 3.57. The van der Waals surface area contributed by atoms with Crippen molar-refractivity contribution in [2.24, 2.45) is 5.92 Å². The number of hydrogen-bond donors (Lipinski definition) is 6. The van der Waals surface area contributed by atoms with Gasteiger partial charge in [-0.2, -0.15) is 0 Å². The summed E-state index contributed by atoms with van der Waals surface area (Å²) in [5.41, 5.74) is -0.777. The second-order valence-electron chi connectivity index (χ2n) is 8.94. The quantitative estimate of drug-likeness (QED) is 0.222. The zero-order valence-corrected chi connectivity index (χ0v) is 20.5. The number of rotatable bonds is 10. The zero-order valence-electron chi connectivity index (χ0n) is 19.7. The normalized spacial score (nSPS) is 35.3. The Labute approximate surface area is 194 Å². The molecule has 2 saturated heterocycles. The molecule has 2 fully saturated rings. The second kappa shape index (κ2) is 12.5. The predicted molar refractivity (Wildman–Crippen MR) is 123 cm³/mol. The minimum absolute atomic E-state index is 0.0952. The van der Waals surface area contributed by atoms with E-state index in [9.17, 15) is 24.9 Å². The van der Waals surface area contributed by atoms with Crippen LogP contribution in [0, 0.1) is 5.92 Å². The van der Waals surface area contributed by atoms with E-state index in [4.69, 9.17) is 4.74 Å². The summed E-state index contributed by atoms with van der Waals surface area (Å²) >= 11 is 1.20. The highest BCUT2D eigenvalue weighted by atomic mass is 32.2. The lowest BCUT2D eigenvalue weighted by Crippen LogP contribution is -2.67. The predicted octanol–water partition coefficient (Wildman–Crippen LogP) is -1.51. The van der Waals surface area contributed by atoms with E-state index >= 15 is 0 Å². The van der Waals surface area contributed by atoms with E-state index in [0.29, 0.717) is 5.92 Å². The molecule has 0 radical (unpaired) electrons. The van der Waals surface area contributed by atoms with Gasteiger partial charge in [0.15, 0.2) is 0 Å². The zero-order chi connectivity index (χ0) is 24.0. The topological polar surface area (TPSA) is 143 Å². The molecule has 0 spiro atoms. The van der Waals surface area contributed by atoms with E-state index in [1.165, 1.54) is 11.8 Å². The van der Waals surface area contributed by atoms with Gasteiger partial charge in [-0.05, 0) is 46.0 Å². The number of thioether (sulfide) groups is 1. The molecule has 186 valence electrons.